The number of anilines is 1. The van der Waals surface area contributed by atoms with E-state index in [1.807, 2.05) is 54.6 Å². The lowest BCUT2D eigenvalue weighted by molar-refractivity contribution is 1.08. The van der Waals surface area contributed by atoms with Crippen molar-refractivity contribution in [2.45, 2.75) is 0 Å². The monoisotopic (exact) mass is 298 g/mol. The Morgan fingerprint density at radius 2 is 1.30 bits per heavy atom. The summed E-state index contributed by atoms with van der Waals surface area (Å²) in [6.45, 7) is 0. The highest BCUT2D eigenvalue weighted by Gasteiger charge is 2.11. The number of rotatable bonds is 2. The van der Waals surface area contributed by atoms with Crippen LogP contribution in [-0.2, 0) is 0 Å². The van der Waals surface area contributed by atoms with Crippen molar-refractivity contribution in [3.05, 3.63) is 72.8 Å². The first-order chi connectivity index (χ1) is 11.3. The number of nitrogens with two attached hydrogens (primary N) is 1. The van der Waals surface area contributed by atoms with Gasteiger partial charge in [0.1, 0.15) is 0 Å². The topological polar surface area (TPSA) is 64.7 Å². The molecule has 0 aliphatic heterocycles. The van der Waals surface area contributed by atoms with Crippen LogP contribution in [0.3, 0.4) is 0 Å². The molecule has 1 aromatic heterocycles. The Labute approximate surface area is 133 Å². The molecular weight excluding hydrogens is 284 g/mol. The second kappa shape index (κ2) is 5.50. The van der Waals surface area contributed by atoms with E-state index in [0.717, 1.165) is 21.9 Å². The van der Waals surface area contributed by atoms with Gasteiger partial charge in [-0.15, -0.1) is 0 Å². The second-order valence-electron chi connectivity index (χ2n) is 5.23. The van der Waals surface area contributed by atoms with E-state index in [4.69, 9.17) is 5.73 Å². The van der Waals surface area contributed by atoms with Gasteiger partial charge in [-0.2, -0.15) is 9.97 Å². The molecule has 0 spiro atoms. The lowest BCUT2D eigenvalue weighted by atomic mass is 10.0. The molecule has 23 heavy (non-hydrogen) atoms. The summed E-state index contributed by atoms with van der Waals surface area (Å²) in [5, 5.41) is 2.24. The van der Waals surface area contributed by atoms with Crippen LogP contribution in [0.5, 0.6) is 0 Å². The average molecular weight is 298 g/mol. The van der Waals surface area contributed by atoms with Gasteiger partial charge in [-0.1, -0.05) is 72.8 Å². The molecule has 4 aromatic rings. The Morgan fingerprint density at radius 3 is 2.17 bits per heavy atom. The Hall–Kier alpha value is -3.27. The van der Waals surface area contributed by atoms with Crippen molar-refractivity contribution in [1.82, 2.24) is 15.0 Å². The molecule has 0 aliphatic rings. The van der Waals surface area contributed by atoms with Gasteiger partial charge in [-0.05, 0) is 10.8 Å². The fraction of sp³-hybridized carbons (Fsp3) is 0. The third kappa shape index (κ3) is 2.51. The largest absolute Gasteiger partial charge is 0.368 e. The molecule has 0 aliphatic carbocycles. The minimum atomic E-state index is 0.224. The van der Waals surface area contributed by atoms with Crippen molar-refractivity contribution in [1.29, 1.82) is 0 Å². The van der Waals surface area contributed by atoms with Crippen LogP contribution >= 0.6 is 0 Å². The zero-order chi connectivity index (χ0) is 15.6. The molecule has 0 unspecified atom stereocenters. The molecular formula is C19H14N4. The fourth-order valence-electron chi connectivity index (χ4n) is 2.65. The zero-order valence-corrected chi connectivity index (χ0v) is 12.3. The van der Waals surface area contributed by atoms with Gasteiger partial charge in [0.05, 0.1) is 0 Å². The summed E-state index contributed by atoms with van der Waals surface area (Å²) >= 11 is 0. The standard InChI is InChI=1S/C19H14N4/c20-19-22-17(14-8-2-1-3-9-14)21-18(23-19)16-12-6-10-13-7-4-5-11-15(13)16/h1-12H,(H2,20,21,22,23). The van der Waals surface area contributed by atoms with E-state index in [-0.39, 0.29) is 5.95 Å². The highest BCUT2D eigenvalue weighted by Crippen LogP contribution is 2.27. The molecule has 4 rings (SSSR count). The molecule has 0 radical (unpaired) electrons. The minimum Gasteiger partial charge on any atom is -0.368 e. The Morgan fingerprint density at radius 1 is 0.609 bits per heavy atom. The number of nitrogens with zero attached hydrogens (tertiary/aromatic N) is 3. The van der Waals surface area contributed by atoms with Crippen LogP contribution in [0.1, 0.15) is 0 Å². The second-order valence-corrected chi connectivity index (χ2v) is 5.23. The molecule has 4 heteroatoms. The van der Waals surface area contributed by atoms with E-state index in [1.54, 1.807) is 0 Å². The molecule has 0 atom stereocenters. The van der Waals surface area contributed by atoms with Crippen molar-refractivity contribution in [2.24, 2.45) is 0 Å². The van der Waals surface area contributed by atoms with E-state index < -0.39 is 0 Å². The molecule has 0 bridgehead atoms. The maximum atomic E-state index is 5.92. The van der Waals surface area contributed by atoms with Crippen LogP contribution in [-0.4, -0.2) is 15.0 Å². The molecule has 2 N–H and O–H groups in total. The summed E-state index contributed by atoms with van der Waals surface area (Å²) in [7, 11) is 0. The van der Waals surface area contributed by atoms with Gasteiger partial charge in [0.15, 0.2) is 11.6 Å². The Bertz CT molecular complexity index is 975. The molecule has 3 aromatic carbocycles. The summed E-state index contributed by atoms with van der Waals surface area (Å²) in [6.07, 6.45) is 0. The third-order valence-corrected chi connectivity index (χ3v) is 3.72. The molecule has 1 heterocycles. The number of nitrogen functional groups attached to an aromatic ring is 1. The molecule has 0 fully saturated rings. The van der Waals surface area contributed by atoms with E-state index in [0.29, 0.717) is 11.6 Å². The van der Waals surface area contributed by atoms with Crippen LogP contribution in [0.25, 0.3) is 33.5 Å². The lowest BCUT2D eigenvalue weighted by Gasteiger charge is -2.08. The smallest absolute Gasteiger partial charge is 0.224 e. The average Bonchev–Trinajstić information content (AvgIpc) is 2.61. The van der Waals surface area contributed by atoms with Crippen LogP contribution in [0.2, 0.25) is 0 Å². The van der Waals surface area contributed by atoms with Crippen LogP contribution in [0, 0.1) is 0 Å². The van der Waals surface area contributed by atoms with E-state index >= 15 is 0 Å². The maximum Gasteiger partial charge on any atom is 0.224 e. The summed E-state index contributed by atoms with van der Waals surface area (Å²) in [5.41, 5.74) is 7.79. The van der Waals surface area contributed by atoms with Gasteiger partial charge < -0.3 is 5.73 Å². The first-order valence-corrected chi connectivity index (χ1v) is 7.36. The van der Waals surface area contributed by atoms with Gasteiger partial charge in [-0.3, -0.25) is 0 Å². The molecule has 0 saturated carbocycles. The first-order valence-electron chi connectivity index (χ1n) is 7.36. The van der Waals surface area contributed by atoms with Gasteiger partial charge >= 0.3 is 0 Å². The van der Waals surface area contributed by atoms with Crippen LogP contribution in [0.4, 0.5) is 5.95 Å². The normalized spacial score (nSPS) is 10.8. The van der Waals surface area contributed by atoms with E-state index in [9.17, 15) is 0 Å². The highest BCUT2D eigenvalue weighted by molar-refractivity contribution is 5.95. The van der Waals surface area contributed by atoms with Crippen molar-refractivity contribution >= 4 is 16.7 Å². The number of aromatic nitrogens is 3. The predicted octanol–water partition coefficient (Wildman–Crippen LogP) is 3.94. The molecule has 110 valence electrons. The Balaban J connectivity index is 1.94. The van der Waals surface area contributed by atoms with Gasteiger partial charge in [0, 0.05) is 11.1 Å². The van der Waals surface area contributed by atoms with Crippen molar-refractivity contribution < 1.29 is 0 Å². The van der Waals surface area contributed by atoms with Crippen molar-refractivity contribution in [3.8, 4) is 22.8 Å². The van der Waals surface area contributed by atoms with Crippen molar-refractivity contribution in [3.63, 3.8) is 0 Å². The van der Waals surface area contributed by atoms with Crippen LogP contribution in [0.15, 0.2) is 72.8 Å². The molecule has 4 nitrogen and oxygen atoms in total. The summed E-state index contributed by atoms with van der Waals surface area (Å²) in [6, 6.07) is 24.0. The number of hydrogen-bond donors (Lipinski definition) is 1. The van der Waals surface area contributed by atoms with Gasteiger partial charge in [0.25, 0.3) is 0 Å². The fourth-order valence-corrected chi connectivity index (χ4v) is 2.65. The lowest BCUT2D eigenvalue weighted by Crippen LogP contribution is -2.02. The minimum absolute atomic E-state index is 0.224. The highest BCUT2D eigenvalue weighted by atomic mass is 15.1. The summed E-state index contributed by atoms with van der Waals surface area (Å²) in [5.74, 6) is 1.40. The molecule has 0 amide bonds. The quantitative estimate of drug-likeness (QED) is 0.608. The van der Waals surface area contributed by atoms with Gasteiger partial charge in [-0.25, -0.2) is 4.98 Å². The van der Waals surface area contributed by atoms with E-state index in [2.05, 4.69) is 33.2 Å². The Kier molecular flexibility index (Phi) is 3.20. The summed E-state index contributed by atoms with van der Waals surface area (Å²) in [4.78, 5) is 13.2. The zero-order valence-electron chi connectivity index (χ0n) is 12.3. The van der Waals surface area contributed by atoms with Gasteiger partial charge in [0.2, 0.25) is 5.95 Å². The van der Waals surface area contributed by atoms with Crippen molar-refractivity contribution in [2.75, 3.05) is 5.73 Å². The number of benzene rings is 3. The summed E-state index contributed by atoms with van der Waals surface area (Å²) < 4.78 is 0. The third-order valence-electron chi connectivity index (χ3n) is 3.72. The van der Waals surface area contributed by atoms with Crippen LogP contribution < -0.4 is 5.73 Å². The maximum absolute atomic E-state index is 5.92. The number of fused-ring (bicyclic) bond motifs is 1. The first kappa shape index (κ1) is 13.4. The molecule has 0 saturated heterocycles. The van der Waals surface area contributed by atoms with E-state index in [1.165, 1.54) is 0 Å². The number of hydrogen-bond acceptors (Lipinski definition) is 4. The SMILES string of the molecule is Nc1nc(-c2ccccc2)nc(-c2cccc3ccccc23)n1. The predicted molar refractivity (Wildman–Crippen MR) is 92.6 cm³/mol.